The normalized spacial score (nSPS) is 21.5. The highest BCUT2D eigenvalue weighted by Gasteiger charge is 2.50. The van der Waals surface area contributed by atoms with E-state index in [1.54, 1.807) is 0 Å². The summed E-state index contributed by atoms with van der Waals surface area (Å²) in [6.07, 6.45) is -1.83. The molecule has 1 saturated carbocycles. The van der Waals surface area contributed by atoms with Crippen molar-refractivity contribution in [2.24, 2.45) is 5.73 Å². The highest BCUT2D eigenvalue weighted by molar-refractivity contribution is 9.10. The van der Waals surface area contributed by atoms with Gasteiger partial charge in [-0.15, -0.1) is 0 Å². The number of hydrogen-bond acceptors (Lipinski definition) is 2. The summed E-state index contributed by atoms with van der Waals surface area (Å²) in [6, 6.07) is 19.2. The Morgan fingerprint density at radius 2 is 1.69 bits per heavy atom. The molecule has 0 aliphatic heterocycles. The van der Waals surface area contributed by atoms with Crippen LogP contribution in [0.1, 0.15) is 29.9 Å². The van der Waals surface area contributed by atoms with Gasteiger partial charge in [0.15, 0.2) is 0 Å². The molecule has 1 fully saturated rings. The lowest BCUT2D eigenvalue weighted by Gasteiger charge is -2.12. The first-order chi connectivity index (χ1) is 12.1. The topological polar surface area (TPSA) is 63.3 Å². The number of carbonyl (C=O) groups is 1. The molecular weight excluding hydrogens is 411 g/mol. The van der Waals surface area contributed by atoms with Crippen LogP contribution in [0.5, 0.6) is 0 Å². The predicted molar refractivity (Wildman–Crippen MR) is 96.9 cm³/mol. The van der Waals surface area contributed by atoms with Crippen LogP contribution in [0.3, 0.4) is 0 Å². The summed E-state index contributed by atoms with van der Waals surface area (Å²) in [5.41, 5.74) is 9.26. The van der Waals surface area contributed by atoms with E-state index in [9.17, 15) is 13.2 Å². The van der Waals surface area contributed by atoms with Gasteiger partial charge in [0, 0.05) is 15.9 Å². The van der Waals surface area contributed by atoms with Gasteiger partial charge < -0.3 is 10.8 Å². The molecule has 0 saturated heterocycles. The minimum Gasteiger partial charge on any atom is -0.475 e. The molecule has 0 heterocycles. The van der Waals surface area contributed by atoms with E-state index in [1.807, 2.05) is 0 Å². The van der Waals surface area contributed by atoms with Crippen molar-refractivity contribution in [2.45, 2.75) is 36.9 Å². The minimum absolute atomic E-state index is 0.00364. The Morgan fingerprint density at radius 1 is 1.15 bits per heavy atom. The number of aliphatic carboxylic acids is 1. The number of carboxylic acids is 1. The maximum atomic E-state index is 10.6. The molecule has 0 amide bonds. The van der Waals surface area contributed by atoms with Gasteiger partial charge in [-0.25, -0.2) is 4.79 Å². The minimum atomic E-state index is -5.08. The quantitative estimate of drug-likeness (QED) is 0.726. The van der Waals surface area contributed by atoms with Crippen LogP contribution in [-0.2, 0) is 11.2 Å². The largest absolute Gasteiger partial charge is 0.490 e. The Bertz CT molecular complexity index is 735. The Labute approximate surface area is 158 Å². The van der Waals surface area contributed by atoms with Gasteiger partial charge >= 0.3 is 12.1 Å². The molecule has 0 bridgehead atoms. The molecule has 1 aliphatic rings. The second-order valence-corrected chi connectivity index (χ2v) is 7.25. The third-order valence-electron chi connectivity index (χ3n) is 4.35. The van der Waals surface area contributed by atoms with Crippen molar-refractivity contribution in [1.82, 2.24) is 0 Å². The summed E-state index contributed by atoms with van der Waals surface area (Å²) in [5, 5.41) is 7.12. The summed E-state index contributed by atoms with van der Waals surface area (Å²) in [4.78, 5) is 8.90. The number of benzene rings is 2. The molecule has 2 atom stereocenters. The van der Waals surface area contributed by atoms with E-state index in [0.29, 0.717) is 5.92 Å². The monoisotopic (exact) mass is 429 g/mol. The first-order valence-corrected chi connectivity index (χ1v) is 8.79. The van der Waals surface area contributed by atoms with E-state index in [-0.39, 0.29) is 5.54 Å². The van der Waals surface area contributed by atoms with Crippen LogP contribution in [0.2, 0.25) is 0 Å². The fraction of sp³-hybridized carbons (Fsp3) is 0.316. The van der Waals surface area contributed by atoms with Crippen LogP contribution in [0.15, 0.2) is 59.1 Å². The van der Waals surface area contributed by atoms with E-state index in [2.05, 4.69) is 70.5 Å². The first-order valence-electron chi connectivity index (χ1n) is 8.00. The van der Waals surface area contributed by atoms with E-state index in [0.717, 1.165) is 23.7 Å². The third-order valence-corrected chi connectivity index (χ3v) is 4.88. The van der Waals surface area contributed by atoms with Crippen LogP contribution in [0, 0.1) is 0 Å². The number of hydrogen-bond donors (Lipinski definition) is 2. The maximum absolute atomic E-state index is 10.6. The number of halogens is 4. The molecule has 0 radical (unpaired) electrons. The lowest BCUT2D eigenvalue weighted by Crippen LogP contribution is -2.25. The van der Waals surface area contributed by atoms with Gasteiger partial charge in [0.1, 0.15) is 0 Å². The SMILES string of the molecule is NC1(CCc2ccccc2)CC1c1ccc(Br)cc1.O=C(O)C(F)(F)F. The molecule has 3 N–H and O–H groups in total. The predicted octanol–water partition coefficient (Wildman–Crippen LogP) is 4.90. The molecule has 1 aliphatic carbocycles. The molecule has 2 unspecified atom stereocenters. The zero-order chi connectivity index (χ0) is 19.4. The first kappa shape index (κ1) is 20.5. The third kappa shape index (κ3) is 5.85. The smallest absolute Gasteiger partial charge is 0.475 e. The molecule has 2 aromatic carbocycles. The van der Waals surface area contributed by atoms with E-state index in [4.69, 9.17) is 15.6 Å². The lowest BCUT2D eigenvalue weighted by molar-refractivity contribution is -0.192. The fourth-order valence-electron chi connectivity index (χ4n) is 2.76. The van der Waals surface area contributed by atoms with Gasteiger partial charge in [-0.05, 0) is 42.5 Å². The molecule has 3 nitrogen and oxygen atoms in total. The molecule has 7 heteroatoms. The van der Waals surface area contributed by atoms with Crippen LogP contribution in [0.4, 0.5) is 13.2 Å². The average molecular weight is 430 g/mol. The lowest BCUT2D eigenvalue weighted by atomic mass is 10.00. The summed E-state index contributed by atoms with van der Waals surface area (Å²) >= 11 is 3.47. The standard InChI is InChI=1S/C17H18BrN.C2HF3O2/c18-15-8-6-14(7-9-15)16-12-17(16,19)11-10-13-4-2-1-3-5-13;3-2(4,5)1(6)7/h1-9,16H,10-12,19H2;(H,6,7). The highest BCUT2D eigenvalue weighted by atomic mass is 79.9. The molecule has 0 aromatic heterocycles. The molecule has 140 valence electrons. The second kappa shape index (κ2) is 8.22. The Balaban J connectivity index is 0.000000298. The van der Waals surface area contributed by atoms with E-state index < -0.39 is 12.1 Å². The molecule has 0 spiro atoms. The number of nitrogens with two attached hydrogens (primary N) is 1. The van der Waals surface area contributed by atoms with Crippen LogP contribution in [0.25, 0.3) is 0 Å². The van der Waals surface area contributed by atoms with Gasteiger partial charge in [0.25, 0.3) is 0 Å². The average Bonchev–Trinajstić information content (AvgIpc) is 3.26. The van der Waals surface area contributed by atoms with Crippen LogP contribution >= 0.6 is 15.9 Å². The summed E-state index contributed by atoms with van der Waals surface area (Å²) in [5.74, 6) is -2.23. The highest BCUT2D eigenvalue weighted by Crippen LogP contribution is 2.52. The van der Waals surface area contributed by atoms with Crippen molar-refractivity contribution < 1.29 is 23.1 Å². The Kier molecular flexibility index (Phi) is 6.47. The van der Waals surface area contributed by atoms with Gasteiger partial charge in [0.05, 0.1) is 0 Å². The van der Waals surface area contributed by atoms with Gasteiger partial charge in [-0.3, -0.25) is 0 Å². The van der Waals surface area contributed by atoms with Crippen LogP contribution in [-0.4, -0.2) is 22.8 Å². The molecular formula is C19H19BrF3NO2. The number of carboxylic acid groups (broad SMARTS) is 1. The summed E-state index contributed by atoms with van der Waals surface area (Å²) in [7, 11) is 0. The number of aryl methyl sites for hydroxylation is 1. The molecule has 3 rings (SSSR count). The van der Waals surface area contributed by atoms with Crippen molar-refractivity contribution in [3.05, 3.63) is 70.2 Å². The van der Waals surface area contributed by atoms with Crippen molar-refractivity contribution in [3.63, 3.8) is 0 Å². The second-order valence-electron chi connectivity index (χ2n) is 6.33. The molecule has 2 aromatic rings. The zero-order valence-corrected chi connectivity index (χ0v) is 15.4. The maximum Gasteiger partial charge on any atom is 0.490 e. The molecule has 26 heavy (non-hydrogen) atoms. The zero-order valence-electron chi connectivity index (χ0n) is 13.8. The Hall–Kier alpha value is -1.86. The van der Waals surface area contributed by atoms with Gasteiger partial charge in [-0.2, -0.15) is 13.2 Å². The van der Waals surface area contributed by atoms with E-state index in [1.165, 1.54) is 11.1 Å². The number of alkyl halides is 3. The van der Waals surface area contributed by atoms with Gasteiger partial charge in [-0.1, -0.05) is 58.4 Å². The van der Waals surface area contributed by atoms with Crippen molar-refractivity contribution in [1.29, 1.82) is 0 Å². The van der Waals surface area contributed by atoms with Crippen molar-refractivity contribution >= 4 is 21.9 Å². The number of rotatable bonds is 4. The van der Waals surface area contributed by atoms with E-state index >= 15 is 0 Å². The van der Waals surface area contributed by atoms with Crippen molar-refractivity contribution in [2.75, 3.05) is 0 Å². The Morgan fingerprint density at radius 3 is 2.19 bits per heavy atom. The van der Waals surface area contributed by atoms with Crippen LogP contribution < -0.4 is 5.73 Å². The van der Waals surface area contributed by atoms with Gasteiger partial charge in [0.2, 0.25) is 0 Å². The summed E-state index contributed by atoms with van der Waals surface area (Å²) < 4.78 is 32.9. The van der Waals surface area contributed by atoms with Crippen molar-refractivity contribution in [3.8, 4) is 0 Å². The summed E-state index contributed by atoms with van der Waals surface area (Å²) in [6.45, 7) is 0. The fourth-order valence-corrected chi connectivity index (χ4v) is 3.03.